The van der Waals surface area contributed by atoms with Crippen LogP contribution in [-0.2, 0) is 21.4 Å². The molecule has 2 aromatic heterocycles. The first-order chi connectivity index (χ1) is 23.1. The van der Waals surface area contributed by atoms with Gasteiger partial charge in [0, 0.05) is 49.9 Å². The van der Waals surface area contributed by atoms with Gasteiger partial charge < -0.3 is 14.6 Å². The maximum Gasteiger partial charge on any atom is 0.262 e. The van der Waals surface area contributed by atoms with E-state index in [2.05, 4.69) is 4.98 Å². The molecule has 2 saturated heterocycles. The summed E-state index contributed by atoms with van der Waals surface area (Å²) < 4.78 is 45.2. The Balaban J connectivity index is 1.05. The average molecular weight is 670 g/mol. The Morgan fingerprint density at radius 1 is 0.917 bits per heavy atom. The standard InChI is InChI=1S/C36H36FN5O5S/c37-27-11-13-29(14-12-27)48(46,47)41-19-15-30(32(23-41)26-7-3-1-4-8-26)34(43)39-21-17-36(45,18-22-39)24-40-25-38-33-31(35(40)44)16-20-42(33)28-9-5-2-6-10-28/h1-14,16,20,25,30,32,45H,15,17-19,21-24H2/t30-,32+/m1/s1. The molecular formula is C36H36FN5O5S. The minimum absolute atomic E-state index is 0.0121. The number of aliphatic hydroxyl groups is 1. The topological polar surface area (TPSA) is 118 Å². The van der Waals surface area contributed by atoms with Gasteiger partial charge in [0.1, 0.15) is 12.1 Å². The van der Waals surface area contributed by atoms with Crippen LogP contribution in [0.4, 0.5) is 4.39 Å². The fraction of sp³-hybridized carbons (Fsp3) is 0.306. The molecule has 48 heavy (non-hydrogen) atoms. The van der Waals surface area contributed by atoms with Crippen LogP contribution in [-0.4, -0.2) is 74.5 Å². The fourth-order valence-electron chi connectivity index (χ4n) is 7.05. The van der Waals surface area contributed by atoms with Crippen LogP contribution in [0.15, 0.2) is 113 Å². The molecule has 2 aliphatic heterocycles. The van der Waals surface area contributed by atoms with Crippen molar-refractivity contribution in [2.45, 2.75) is 42.2 Å². The first kappa shape index (κ1) is 31.9. The van der Waals surface area contributed by atoms with Gasteiger partial charge in [-0.2, -0.15) is 4.31 Å². The second kappa shape index (κ2) is 12.8. The molecule has 2 atom stereocenters. The van der Waals surface area contributed by atoms with E-state index in [0.717, 1.165) is 23.4 Å². The molecule has 0 aliphatic carbocycles. The van der Waals surface area contributed by atoms with Crippen LogP contribution >= 0.6 is 0 Å². The maximum absolute atomic E-state index is 14.1. The number of hydrogen-bond acceptors (Lipinski definition) is 6. The van der Waals surface area contributed by atoms with Crippen molar-refractivity contribution in [2.75, 3.05) is 26.2 Å². The fourth-order valence-corrected chi connectivity index (χ4v) is 8.53. The highest BCUT2D eigenvalue weighted by Crippen LogP contribution is 2.37. The molecule has 1 amide bonds. The van der Waals surface area contributed by atoms with Gasteiger partial charge in [-0.1, -0.05) is 48.5 Å². The van der Waals surface area contributed by atoms with E-state index in [1.54, 1.807) is 11.0 Å². The van der Waals surface area contributed by atoms with Crippen LogP contribution in [0.1, 0.15) is 30.7 Å². The zero-order chi connectivity index (χ0) is 33.5. The Bertz CT molecular complexity index is 2090. The highest BCUT2D eigenvalue weighted by atomic mass is 32.2. The summed E-state index contributed by atoms with van der Waals surface area (Å²) in [5, 5.41) is 12.0. The number of amides is 1. The van der Waals surface area contributed by atoms with Crippen molar-refractivity contribution in [3.05, 3.63) is 125 Å². The zero-order valence-corrected chi connectivity index (χ0v) is 27.0. The molecule has 10 nitrogen and oxygen atoms in total. The second-order valence-electron chi connectivity index (χ2n) is 12.7. The second-order valence-corrected chi connectivity index (χ2v) is 14.7. The lowest BCUT2D eigenvalue weighted by atomic mass is 9.80. The van der Waals surface area contributed by atoms with Gasteiger partial charge in [-0.25, -0.2) is 17.8 Å². The number of benzene rings is 3. The first-order valence-corrected chi connectivity index (χ1v) is 17.5. The lowest BCUT2D eigenvalue weighted by molar-refractivity contribution is -0.142. The molecule has 0 saturated carbocycles. The lowest BCUT2D eigenvalue weighted by Gasteiger charge is -2.43. The van der Waals surface area contributed by atoms with E-state index in [1.807, 2.05) is 71.4 Å². The summed E-state index contributed by atoms with van der Waals surface area (Å²) in [4.78, 5) is 33.8. The van der Waals surface area contributed by atoms with Crippen LogP contribution in [0.2, 0.25) is 0 Å². The third-order valence-electron chi connectivity index (χ3n) is 9.75. The van der Waals surface area contributed by atoms with Crippen LogP contribution < -0.4 is 5.56 Å². The zero-order valence-electron chi connectivity index (χ0n) is 26.2. The van der Waals surface area contributed by atoms with Gasteiger partial charge >= 0.3 is 0 Å². The summed E-state index contributed by atoms with van der Waals surface area (Å²) in [5.41, 5.74) is 0.854. The summed E-state index contributed by atoms with van der Waals surface area (Å²) in [6.45, 7) is 0.934. The maximum atomic E-state index is 14.1. The smallest absolute Gasteiger partial charge is 0.262 e. The molecule has 4 heterocycles. The van der Waals surface area contributed by atoms with Crippen molar-refractivity contribution in [2.24, 2.45) is 5.92 Å². The van der Waals surface area contributed by atoms with Gasteiger partial charge in [-0.05, 0) is 67.3 Å². The molecule has 3 aromatic carbocycles. The number of carbonyl (C=O) groups excluding carboxylic acids is 1. The minimum atomic E-state index is -3.89. The van der Waals surface area contributed by atoms with E-state index in [1.165, 1.54) is 27.3 Å². The van der Waals surface area contributed by atoms with Crippen molar-refractivity contribution in [3.63, 3.8) is 0 Å². The number of aromatic nitrogens is 3. The summed E-state index contributed by atoms with van der Waals surface area (Å²) in [6, 6.07) is 25.6. The normalized spacial score (nSPS) is 20.2. The van der Waals surface area contributed by atoms with Gasteiger partial charge in [0.15, 0.2) is 5.65 Å². The molecule has 12 heteroatoms. The third kappa shape index (κ3) is 6.07. The first-order valence-electron chi connectivity index (χ1n) is 16.1. The molecule has 7 rings (SSSR count). The molecule has 5 aromatic rings. The molecule has 0 bridgehead atoms. The molecule has 248 valence electrons. The SMILES string of the molecule is O=C([C@@H]1CCN(S(=O)(=O)c2ccc(F)cc2)C[C@H]1c1ccccc1)N1CCC(O)(Cn2cnc3c(ccn3-c3ccccc3)c2=O)CC1. The van der Waals surface area contributed by atoms with Gasteiger partial charge in [0.05, 0.1) is 22.4 Å². The predicted octanol–water partition coefficient (Wildman–Crippen LogP) is 4.17. The lowest BCUT2D eigenvalue weighted by Crippen LogP contribution is -2.53. The summed E-state index contributed by atoms with van der Waals surface area (Å²) in [7, 11) is -3.89. The van der Waals surface area contributed by atoms with Crippen molar-refractivity contribution in [1.29, 1.82) is 0 Å². The van der Waals surface area contributed by atoms with Crippen molar-refractivity contribution in [3.8, 4) is 5.69 Å². The Kier molecular flexibility index (Phi) is 8.48. The number of hydrogen-bond donors (Lipinski definition) is 1. The Morgan fingerprint density at radius 3 is 2.27 bits per heavy atom. The molecule has 0 spiro atoms. The number of carbonyl (C=O) groups is 1. The number of nitrogens with zero attached hydrogens (tertiary/aromatic N) is 5. The van der Waals surface area contributed by atoms with Crippen LogP contribution in [0.25, 0.3) is 16.7 Å². The number of piperidine rings is 2. The Labute approximate surface area is 277 Å². The summed E-state index contributed by atoms with van der Waals surface area (Å²) in [5.74, 6) is -1.44. The van der Waals surface area contributed by atoms with E-state index < -0.39 is 27.4 Å². The number of rotatable bonds is 7. The number of fused-ring (bicyclic) bond motifs is 1. The van der Waals surface area contributed by atoms with Gasteiger partial charge in [0.2, 0.25) is 15.9 Å². The highest BCUT2D eigenvalue weighted by molar-refractivity contribution is 7.89. The summed E-state index contributed by atoms with van der Waals surface area (Å²) in [6.07, 6.45) is 4.16. The third-order valence-corrected chi connectivity index (χ3v) is 11.6. The van der Waals surface area contributed by atoms with Gasteiger partial charge in [0.25, 0.3) is 5.56 Å². The minimum Gasteiger partial charge on any atom is -0.388 e. The van der Waals surface area contributed by atoms with Crippen LogP contribution in [0.3, 0.4) is 0 Å². The average Bonchev–Trinajstić information content (AvgIpc) is 3.55. The molecule has 2 fully saturated rings. The van der Waals surface area contributed by atoms with Crippen LogP contribution in [0.5, 0.6) is 0 Å². The highest BCUT2D eigenvalue weighted by Gasteiger charge is 2.43. The summed E-state index contributed by atoms with van der Waals surface area (Å²) >= 11 is 0. The largest absolute Gasteiger partial charge is 0.388 e. The van der Waals surface area contributed by atoms with Crippen molar-refractivity contribution >= 4 is 27.0 Å². The Hall–Kier alpha value is -4.65. The molecule has 0 unspecified atom stereocenters. The number of halogens is 1. The Morgan fingerprint density at radius 2 is 1.58 bits per heavy atom. The van der Waals surface area contributed by atoms with E-state index in [0.29, 0.717) is 30.5 Å². The van der Waals surface area contributed by atoms with E-state index in [9.17, 15) is 27.5 Å². The number of sulfonamides is 1. The molecule has 1 N–H and O–H groups in total. The quantitative estimate of drug-likeness (QED) is 0.278. The molecular weight excluding hydrogens is 633 g/mol. The van der Waals surface area contributed by atoms with Crippen LogP contribution in [0, 0.1) is 11.7 Å². The number of likely N-dealkylation sites (tertiary alicyclic amines) is 1. The molecule has 2 aliphatic rings. The predicted molar refractivity (Wildman–Crippen MR) is 179 cm³/mol. The number of para-hydroxylation sites is 1. The van der Waals surface area contributed by atoms with Crippen molar-refractivity contribution in [1.82, 2.24) is 23.3 Å². The van der Waals surface area contributed by atoms with E-state index >= 15 is 0 Å². The van der Waals surface area contributed by atoms with Crippen molar-refractivity contribution < 1.29 is 22.7 Å². The van der Waals surface area contributed by atoms with Gasteiger partial charge in [-0.3, -0.25) is 14.2 Å². The van der Waals surface area contributed by atoms with E-state index in [4.69, 9.17) is 0 Å². The van der Waals surface area contributed by atoms with E-state index in [-0.39, 0.29) is 54.8 Å². The monoisotopic (exact) mass is 669 g/mol. The van der Waals surface area contributed by atoms with Gasteiger partial charge in [-0.15, -0.1) is 0 Å². The molecule has 0 radical (unpaired) electrons.